The Morgan fingerprint density at radius 2 is 2.10 bits per heavy atom. The van der Waals surface area contributed by atoms with Crippen molar-refractivity contribution in [2.24, 2.45) is 0 Å². The molecule has 0 saturated carbocycles. The van der Waals surface area contributed by atoms with Gasteiger partial charge in [-0.25, -0.2) is 4.39 Å². The van der Waals surface area contributed by atoms with E-state index in [1.807, 2.05) is 0 Å². The van der Waals surface area contributed by atoms with Crippen LogP contribution < -0.4 is 10.1 Å². The van der Waals surface area contributed by atoms with Crippen molar-refractivity contribution in [1.29, 1.82) is 0 Å². The molecule has 2 rings (SSSR count). The molecular formula is C13H14BrClFN3OS. The van der Waals surface area contributed by atoms with Crippen molar-refractivity contribution in [2.45, 2.75) is 32.9 Å². The van der Waals surface area contributed by atoms with E-state index in [4.69, 9.17) is 16.3 Å². The number of aromatic nitrogens is 2. The lowest BCUT2D eigenvalue weighted by Crippen LogP contribution is -2.35. The highest BCUT2D eigenvalue weighted by molar-refractivity contribution is 9.10. The SMILES string of the molecule is CC(C)(C)NCc1nnc(Oc2cc(F)c(Cl)cc2Br)s1. The minimum Gasteiger partial charge on any atom is -0.428 e. The molecule has 4 nitrogen and oxygen atoms in total. The van der Waals surface area contributed by atoms with Crippen LogP contribution in [0.1, 0.15) is 25.8 Å². The van der Waals surface area contributed by atoms with E-state index in [2.05, 4.69) is 52.2 Å². The predicted molar refractivity (Wildman–Crippen MR) is 85.7 cm³/mol. The molecule has 8 heteroatoms. The number of ether oxygens (including phenoxy) is 1. The maximum Gasteiger partial charge on any atom is 0.299 e. The molecule has 0 aliphatic heterocycles. The first-order valence-electron chi connectivity index (χ1n) is 6.14. The monoisotopic (exact) mass is 393 g/mol. The fourth-order valence-corrected chi connectivity index (χ4v) is 2.73. The molecule has 1 aromatic carbocycles. The first-order valence-corrected chi connectivity index (χ1v) is 8.13. The average Bonchev–Trinajstić information content (AvgIpc) is 2.80. The van der Waals surface area contributed by atoms with Crippen molar-refractivity contribution in [3.8, 4) is 10.9 Å². The van der Waals surface area contributed by atoms with Crippen LogP contribution in [0, 0.1) is 5.82 Å². The molecule has 0 unspecified atom stereocenters. The van der Waals surface area contributed by atoms with E-state index >= 15 is 0 Å². The Morgan fingerprint density at radius 1 is 1.38 bits per heavy atom. The number of nitrogens with one attached hydrogen (secondary N) is 1. The summed E-state index contributed by atoms with van der Waals surface area (Å²) in [6, 6.07) is 2.65. The number of hydrogen-bond donors (Lipinski definition) is 1. The predicted octanol–water partition coefficient (Wildman–Crippen LogP) is 4.77. The summed E-state index contributed by atoms with van der Waals surface area (Å²) >= 11 is 10.3. The Balaban J connectivity index is 2.07. The van der Waals surface area contributed by atoms with Gasteiger partial charge < -0.3 is 10.1 Å². The standard InChI is InChI=1S/C13H14BrClFN3OS/c1-13(2,3)17-6-11-18-19-12(21-11)20-10-5-9(16)8(15)4-7(10)14/h4-5,17H,6H2,1-3H3. The average molecular weight is 395 g/mol. The van der Waals surface area contributed by atoms with Crippen molar-refractivity contribution >= 4 is 38.9 Å². The molecule has 1 N–H and O–H groups in total. The highest BCUT2D eigenvalue weighted by atomic mass is 79.9. The van der Waals surface area contributed by atoms with Crippen LogP contribution in [0.3, 0.4) is 0 Å². The van der Waals surface area contributed by atoms with E-state index in [1.54, 1.807) is 0 Å². The summed E-state index contributed by atoms with van der Waals surface area (Å²) in [4.78, 5) is 0. The van der Waals surface area contributed by atoms with Crippen LogP contribution in [0.2, 0.25) is 5.02 Å². The van der Waals surface area contributed by atoms with Gasteiger partial charge in [0.1, 0.15) is 16.6 Å². The largest absolute Gasteiger partial charge is 0.428 e. The second-order valence-corrected chi connectivity index (χ2v) is 7.65. The minimum atomic E-state index is -0.547. The zero-order chi connectivity index (χ0) is 15.6. The molecule has 0 aliphatic carbocycles. The van der Waals surface area contributed by atoms with Gasteiger partial charge >= 0.3 is 0 Å². The third-order valence-corrected chi connectivity index (χ3v) is 4.10. The maximum absolute atomic E-state index is 13.4. The number of hydrogen-bond acceptors (Lipinski definition) is 5. The lowest BCUT2D eigenvalue weighted by atomic mass is 10.1. The molecule has 0 fully saturated rings. The first-order chi connectivity index (χ1) is 9.74. The highest BCUT2D eigenvalue weighted by Gasteiger charge is 2.14. The summed E-state index contributed by atoms with van der Waals surface area (Å²) < 4.78 is 19.5. The van der Waals surface area contributed by atoms with E-state index in [0.717, 1.165) is 5.01 Å². The van der Waals surface area contributed by atoms with Gasteiger partial charge in [-0.15, -0.1) is 5.10 Å². The lowest BCUT2D eigenvalue weighted by Gasteiger charge is -2.19. The van der Waals surface area contributed by atoms with Gasteiger partial charge in [0.05, 0.1) is 16.0 Å². The fraction of sp³-hybridized carbons (Fsp3) is 0.385. The minimum absolute atomic E-state index is 0.00493. The van der Waals surface area contributed by atoms with Crippen molar-refractivity contribution in [3.05, 3.63) is 32.5 Å². The van der Waals surface area contributed by atoms with Crippen LogP contribution in [-0.4, -0.2) is 15.7 Å². The summed E-state index contributed by atoms with van der Waals surface area (Å²) in [5.74, 6) is -0.239. The molecule has 0 bridgehead atoms. The molecule has 1 heterocycles. The van der Waals surface area contributed by atoms with E-state index in [1.165, 1.54) is 23.5 Å². The summed E-state index contributed by atoms with van der Waals surface area (Å²) in [6.07, 6.45) is 0. The molecule has 0 radical (unpaired) electrons. The van der Waals surface area contributed by atoms with E-state index in [9.17, 15) is 4.39 Å². The number of halogens is 3. The van der Waals surface area contributed by atoms with Gasteiger partial charge in [-0.3, -0.25) is 0 Å². The van der Waals surface area contributed by atoms with E-state index < -0.39 is 5.82 Å². The third-order valence-electron chi connectivity index (χ3n) is 2.39. The Bertz CT molecular complexity index is 645. The van der Waals surface area contributed by atoms with Gasteiger partial charge in [0.15, 0.2) is 0 Å². The van der Waals surface area contributed by atoms with E-state index in [-0.39, 0.29) is 10.6 Å². The molecule has 2 aromatic rings. The van der Waals surface area contributed by atoms with Crippen LogP contribution >= 0.6 is 38.9 Å². The molecule has 0 spiro atoms. The van der Waals surface area contributed by atoms with Crippen LogP contribution in [-0.2, 0) is 6.54 Å². The van der Waals surface area contributed by atoms with Gasteiger partial charge in [0.25, 0.3) is 5.19 Å². The number of rotatable bonds is 4. The van der Waals surface area contributed by atoms with Crippen molar-refractivity contribution in [1.82, 2.24) is 15.5 Å². The van der Waals surface area contributed by atoms with E-state index in [0.29, 0.717) is 22.0 Å². The molecule has 0 atom stereocenters. The van der Waals surface area contributed by atoms with Gasteiger partial charge in [-0.05, 0) is 42.8 Å². The second-order valence-electron chi connectivity index (χ2n) is 5.36. The van der Waals surface area contributed by atoms with Gasteiger partial charge in [-0.2, -0.15) is 0 Å². The highest BCUT2D eigenvalue weighted by Crippen LogP contribution is 2.34. The van der Waals surface area contributed by atoms with Crippen LogP contribution in [0.25, 0.3) is 0 Å². The lowest BCUT2D eigenvalue weighted by molar-refractivity contribution is 0.422. The van der Waals surface area contributed by atoms with Gasteiger partial charge in [0.2, 0.25) is 0 Å². The molecule has 114 valence electrons. The topological polar surface area (TPSA) is 47.0 Å². The summed E-state index contributed by atoms with van der Waals surface area (Å²) in [6.45, 7) is 6.80. The Labute approximate surface area is 139 Å². The summed E-state index contributed by atoms with van der Waals surface area (Å²) in [5.41, 5.74) is -0.00493. The van der Waals surface area contributed by atoms with Crippen molar-refractivity contribution in [3.63, 3.8) is 0 Å². The Morgan fingerprint density at radius 3 is 2.76 bits per heavy atom. The van der Waals surface area contributed by atoms with Crippen molar-refractivity contribution in [2.75, 3.05) is 0 Å². The van der Waals surface area contributed by atoms with Crippen molar-refractivity contribution < 1.29 is 9.13 Å². The second kappa shape index (κ2) is 6.56. The zero-order valence-corrected chi connectivity index (χ0v) is 14.9. The molecule has 0 saturated heterocycles. The Hall–Kier alpha value is -0.760. The van der Waals surface area contributed by atoms with Crippen LogP contribution in [0.15, 0.2) is 16.6 Å². The molecular weight excluding hydrogens is 381 g/mol. The summed E-state index contributed by atoms with van der Waals surface area (Å²) in [5, 5.41) is 12.5. The van der Waals surface area contributed by atoms with Crippen LogP contribution in [0.4, 0.5) is 4.39 Å². The molecule has 0 aliphatic rings. The number of benzene rings is 1. The van der Waals surface area contributed by atoms with Crippen LogP contribution in [0.5, 0.6) is 10.9 Å². The first kappa shape index (κ1) is 16.6. The van der Waals surface area contributed by atoms with Gasteiger partial charge in [0, 0.05) is 11.6 Å². The number of nitrogens with zero attached hydrogens (tertiary/aromatic N) is 2. The molecule has 1 aromatic heterocycles. The van der Waals surface area contributed by atoms with Gasteiger partial charge in [-0.1, -0.05) is 28.0 Å². The zero-order valence-electron chi connectivity index (χ0n) is 11.7. The summed E-state index contributed by atoms with van der Waals surface area (Å²) in [7, 11) is 0. The smallest absolute Gasteiger partial charge is 0.299 e. The Kier molecular flexibility index (Phi) is 5.19. The molecule has 0 amide bonds. The third kappa shape index (κ3) is 4.88. The molecule has 21 heavy (non-hydrogen) atoms. The fourth-order valence-electron chi connectivity index (χ4n) is 1.37. The maximum atomic E-state index is 13.4. The quantitative estimate of drug-likeness (QED) is 0.759. The normalized spacial score (nSPS) is 11.7.